The van der Waals surface area contributed by atoms with Gasteiger partial charge >= 0.3 is 6.09 Å². The molecule has 1 saturated heterocycles. The lowest BCUT2D eigenvalue weighted by molar-refractivity contribution is -0.121. The minimum absolute atomic E-state index is 0.0579. The molecule has 1 heterocycles. The topological polar surface area (TPSA) is 78.9 Å². The van der Waals surface area contributed by atoms with Gasteiger partial charge in [0.2, 0.25) is 5.91 Å². The summed E-state index contributed by atoms with van der Waals surface area (Å²) in [5.74, 6) is -0.232. The average Bonchev–Trinajstić information content (AvgIpc) is 2.66. The number of amides is 2. The maximum Gasteiger partial charge on any atom is 0.410 e. The number of rotatable bonds is 6. The number of halogens is 1. The summed E-state index contributed by atoms with van der Waals surface area (Å²) in [6, 6.07) is 7.21. The molecule has 1 aromatic rings. The summed E-state index contributed by atoms with van der Waals surface area (Å²) in [7, 11) is 1.60. The van der Waals surface area contributed by atoms with E-state index in [-0.39, 0.29) is 17.9 Å². The van der Waals surface area contributed by atoms with Gasteiger partial charge in [0.15, 0.2) is 0 Å². The van der Waals surface area contributed by atoms with Gasteiger partial charge in [-0.2, -0.15) is 0 Å². The molecule has 1 fully saturated rings. The van der Waals surface area contributed by atoms with Crippen molar-refractivity contribution in [2.75, 3.05) is 20.1 Å². The second kappa shape index (κ2) is 9.81. The van der Waals surface area contributed by atoms with Crippen LogP contribution in [0.4, 0.5) is 4.79 Å². The number of nitrogens with zero attached hydrogens (tertiary/aromatic N) is 1. The van der Waals surface area contributed by atoms with Crippen LogP contribution < -0.4 is 5.32 Å². The number of hydrogen-bond acceptors (Lipinski definition) is 4. The zero-order valence-electron chi connectivity index (χ0n) is 17.8. The maximum absolute atomic E-state index is 12.6. The third kappa shape index (κ3) is 6.61. The van der Waals surface area contributed by atoms with Crippen molar-refractivity contribution in [3.8, 4) is 0 Å². The van der Waals surface area contributed by atoms with E-state index in [2.05, 4.69) is 5.32 Å². The Hall–Kier alpha value is -1.79. The summed E-state index contributed by atoms with van der Waals surface area (Å²) >= 11 is 6.19. The highest BCUT2D eigenvalue weighted by Gasteiger charge is 2.42. The van der Waals surface area contributed by atoms with Gasteiger partial charge in [-0.05, 0) is 64.2 Å². The Bertz CT molecular complexity index is 719. The molecule has 0 aliphatic carbocycles. The molecule has 6 nitrogen and oxygen atoms in total. The van der Waals surface area contributed by atoms with Crippen LogP contribution >= 0.6 is 11.6 Å². The van der Waals surface area contributed by atoms with Crippen molar-refractivity contribution < 1.29 is 19.4 Å². The van der Waals surface area contributed by atoms with Gasteiger partial charge in [-0.15, -0.1) is 0 Å². The molecule has 2 N–H and O–H groups in total. The smallest absolute Gasteiger partial charge is 0.410 e. The fraction of sp³-hybridized carbons (Fsp3) is 0.636. The fourth-order valence-electron chi connectivity index (χ4n) is 3.84. The van der Waals surface area contributed by atoms with E-state index in [1.54, 1.807) is 24.1 Å². The van der Waals surface area contributed by atoms with Gasteiger partial charge in [0, 0.05) is 37.5 Å². The molecule has 0 unspecified atom stereocenters. The molecule has 29 heavy (non-hydrogen) atoms. The van der Waals surface area contributed by atoms with E-state index >= 15 is 0 Å². The number of hydrogen-bond donors (Lipinski definition) is 2. The summed E-state index contributed by atoms with van der Waals surface area (Å²) in [5.41, 5.74) is -1.03. The first-order valence-electron chi connectivity index (χ1n) is 10.2. The molecule has 2 atom stereocenters. The first kappa shape index (κ1) is 23.5. The van der Waals surface area contributed by atoms with Crippen molar-refractivity contribution in [3.05, 3.63) is 34.9 Å². The average molecular weight is 425 g/mol. The largest absolute Gasteiger partial charge is 0.444 e. The van der Waals surface area contributed by atoms with E-state index in [1.165, 1.54) is 0 Å². The monoisotopic (exact) mass is 424 g/mol. The van der Waals surface area contributed by atoms with Crippen molar-refractivity contribution in [3.63, 3.8) is 0 Å². The Morgan fingerprint density at radius 2 is 2.07 bits per heavy atom. The zero-order valence-corrected chi connectivity index (χ0v) is 18.6. The standard InChI is InChI=1S/C22H33ClN2O4/c1-21(2,3)29-20(27)25-13-7-9-17(15-25)22(28,12-6-11-19(26)24-4)16-8-5-10-18(23)14-16/h5,8,10,14,17,28H,6-7,9,11-13,15H2,1-4H3,(H,24,26)/t17-,22-/m1/s1. The molecule has 7 heteroatoms. The van der Waals surface area contributed by atoms with Crippen molar-refractivity contribution in [2.24, 2.45) is 5.92 Å². The van der Waals surface area contributed by atoms with Gasteiger partial charge in [0.25, 0.3) is 0 Å². The van der Waals surface area contributed by atoms with Crippen molar-refractivity contribution >= 4 is 23.6 Å². The lowest BCUT2D eigenvalue weighted by Crippen LogP contribution is -2.49. The third-order valence-corrected chi connectivity index (χ3v) is 5.55. The Balaban J connectivity index is 2.22. The Morgan fingerprint density at radius 3 is 2.69 bits per heavy atom. The summed E-state index contributed by atoms with van der Waals surface area (Å²) in [6.45, 7) is 6.53. The number of carbonyl (C=O) groups excluding carboxylic acids is 2. The van der Waals surface area contributed by atoms with Crippen LogP contribution in [-0.2, 0) is 15.1 Å². The van der Waals surface area contributed by atoms with Crippen LogP contribution in [0.25, 0.3) is 0 Å². The molecule has 2 rings (SSSR count). The van der Waals surface area contributed by atoms with E-state index in [1.807, 2.05) is 32.9 Å². The number of likely N-dealkylation sites (tertiary alicyclic amines) is 1. The zero-order chi connectivity index (χ0) is 21.7. The normalized spacial score (nSPS) is 19.4. The molecule has 0 aromatic heterocycles. The second-order valence-corrected chi connectivity index (χ2v) is 9.16. The highest BCUT2D eigenvalue weighted by molar-refractivity contribution is 6.30. The van der Waals surface area contributed by atoms with Gasteiger partial charge < -0.3 is 20.1 Å². The van der Waals surface area contributed by atoms with Gasteiger partial charge in [-0.1, -0.05) is 23.7 Å². The van der Waals surface area contributed by atoms with Crippen LogP contribution in [0.3, 0.4) is 0 Å². The van der Waals surface area contributed by atoms with Crippen molar-refractivity contribution in [1.29, 1.82) is 0 Å². The lowest BCUT2D eigenvalue weighted by atomic mass is 9.74. The second-order valence-electron chi connectivity index (χ2n) is 8.73. The summed E-state index contributed by atoms with van der Waals surface area (Å²) in [4.78, 5) is 25.9. The predicted octanol–water partition coefficient (Wildman–Crippen LogP) is 4.09. The number of carbonyl (C=O) groups is 2. The van der Waals surface area contributed by atoms with Crippen LogP contribution in [0.1, 0.15) is 58.4 Å². The Morgan fingerprint density at radius 1 is 1.34 bits per heavy atom. The van der Waals surface area contributed by atoms with Gasteiger partial charge in [-0.25, -0.2) is 4.79 Å². The number of ether oxygens (including phenoxy) is 1. The third-order valence-electron chi connectivity index (χ3n) is 5.31. The molecule has 2 amide bonds. The number of piperidine rings is 1. The van der Waals surface area contributed by atoms with Crippen molar-refractivity contribution in [2.45, 2.75) is 64.1 Å². The molecule has 1 aliphatic heterocycles. The predicted molar refractivity (Wildman–Crippen MR) is 114 cm³/mol. The Labute approximate surface area is 178 Å². The minimum atomic E-state index is -1.18. The molecule has 1 aliphatic rings. The Kier molecular flexibility index (Phi) is 7.94. The molecule has 0 radical (unpaired) electrons. The molecule has 0 spiro atoms. The van der Waals surface area contributed by atoms with Crippen LogP contribution in [-0.4, -0.2) is 47.7 Å². The summed E-state index contributed by atoms with van der Waals surface area (Å²) in [5, 5.41) is 14.9. The van der Waals surface area contributed by atoms with E-state index in [0.29, 0.717) is 37.4 Å². The van der Waals surface area contributed by atoms with Crippen LogP contribution in [0.2, 0.25) is 5.02 Å². The first-order chi connectivity index (χ1) is 13.5. The van der Waals surface area contributed by atoms with E-state index in [9.17, 15) is 14.7 Å². The molecular weight excluding hydrogens is 392 g/mol. The number of nitrogens with one attached hydrogen (secondary N) is 1. The quantitative estimate of drug-likeness (QED) is 0.720. The highest BCUT2D eigenvalue weighted by atomic mass is 35.5. The fourth-order valence-corrected chi connectivity index (χ4v) is 4.03. The van der Waals surface area contributed by atoms with Crippen LogP contribution in [0.15, 0.2) is 24.3 Å². The number of benzene rings is 1. The maximum atomic E-state index is 12.6. The summed E-state index contributed by atoms with van der Waals surface area (Å²) in [6.07, 6.45) is 2.48. The lowest BCUT2D eigenvalue weighted by Gasteiger charge is -2.43. The highest BCUT2D eigenvalue weighted by Crippen LogP contribution is 2.40. The van der Waals surface area contributed by atoms with Gasteiger partial charge in [-0.3, -0.25) is 4.79 Å². The first-order valence-corrected chi connectivity index (χ1v) is 10.6. The minimum Gasteiger partial charge on any atom is -0.444 e. The SMILES string of the molecule is CNC(=O)CCC[C@@](O)(c1cccc(Cl)c1)[C@@H]1CCCN(C(=O)OC(C)(C)C)C1. The number of aliphatic hydroxyl groups is 1. The van der Waals surface area contributed by atoms with Gasteiger partial charge in [0.05, 0.1) is 5.60 Å². The molecule has 1 aromatic carbocycles. The van der Waals surface area contributed by atoms with Crippen LogP contribution in [0.5, 0.6) is 0 Å². The molecule has 0 bridgehead atoms. The molecular formula is C22H33ClN2O4. The summed E-state index contributed by atoms with van der Waals surface area (Å²) < 4.78 is 5.52. The molecule has 0 saturated carbocycles. The van der Waals surface area contributed by atoms with E-state index < -0.39 is 11.2 Å². The van der Waals surface area contributed by atoms with E-state index in [0.717, 1.165) is 18.4 Å². The van der Waals surface area contributed by atoms with Gasteiger partial charge in [0.1, 0.15) is 5.60 Å². The van der Waals surface area contributed by atoms with E-state index in [4.69, 9.17) is 16.3 Å². The molecule has 162 valence electrons. The van der Waals surface area contributed by atoms with Crippen LogP contribution in [0, 0.1) is 5.92 Å². The van der Waals surface area contributed by atoms with Crippen molar-refractivity contribution in [1.82, 2.24) is 10.2 Å².